The minimum absolute atomic E-state index is 0.569. The van der Waals surface area contributed by atoms with Crippen molar-refractivity contribution in [1.29, 1.82) is 0 Å². The minimum Gasteiger partial charge on any atom is -0.748 e. The number of hydrogen-bond acceptors (Lipinski definition) is 3. The lowest BCUT2D eigenvalue weighted by Crippen LogP contribution is -2.47. The van der Waals surface area contributed by atoms with Crippen LogP contribution in [0.2, 0.25) is 0 Å². The van der Waals surface area contributed by atoms with Gasteiger partial charge in [0, 0.05) is 5.25 Å². The third-order valence-corrected chi connectivity index (χ3v) is 11.9. The Morgan fingerprint density at radius 2 is 0.578 bits per heavy atom. The molecule has 0 N–H and O–H groups in total. The molecule has 0 aromatic rings. The number of nitrogens with zero attached hydrogens (tertiary/aromatic N) is 1. The van der Waals surface area contributed by atoms with Gasteiger partial charge in [-0.1, -0.05) is 187 Å². The van der Waals surface area contributed by atoms with Gasteiger partial charge in [-0.3, -0.25) is 0 Å². The normalized spacial score (nSPS) is 12.7. The fourth-order valence-corrected chi connectivity index (χ4v) is 7.64. The van der Waals surface area contributed by atoms with Crippen LogP contribution in [-0.4, -0.2) is 48.9 Å². The molecule has 1 atom stereocenters. The Hall–Kier alpha value is -0.130. The maximum atomic E-state index is 11.6. The molecule has 1 unspecified atom stereocenters. The quantitative estimate of drug-likeness (QED) is 0.0392. The van der Waals surface area contributed by atoms with Crippen molar-refractivity contribution in [2.75, 3.05) is 26.2 Å². The van der Waals surface area contributed by atoms with E-state index in [4.69, 9.17) is 0 Å². The van der Waals surface area contributed by atoms with Crippen LogP contribution in [-0.2, 0) is 10.1 Å². The summed E-state index contributed by atoms with van der Waals surface area (Å²) in [6.07, 6.45) is 36.1. The molecule has 0 bridgehead atoms. The highest BCUT2D eigenvalue weighted by atomic mass is 32.2. The van der Waals surface area contributed by atoms with Crippen LogP contribution in [0.1, 0.15) is 228 Å². The zero-order valence-electron chi connectivity index (χ0n) is 32.0. The number of quaternary nitrogens is 1. The van der Waals surface area contributed by atoms with Crippen LogP contribution in [0.3, 0.4) is 0 Å². The van der Waals surface area contributed by atoms with Gasteiger partial charge in [-0.25, -0.2) is 8.42 Å². The van der Waals surface area contributed by atoms with E-state index in [2.05, 4.69) is 41.5 Å². The Balaban J connectivity index is 0. The lowest BCUT2D eigenvalue weighted by molar-refractivity contribution is -0.921. The molecule has 0 aliphatic rings. The van der Waals surface area contributed by atoms with Crippen LogP contribution < -0.4 is 0 Å². The van der Waals surface area contributed by atoms with Gasteiger partial charge >= 0.3 is 0 Å². The van der Waals surface area contributed by atoms with E-state index in [1.165, 1.54) is 178 Å². The van der Waals surface area contributed by atoms with Gasteiger partial charge in [0.05, 0.1) is 36.3 Å². The summed E-state index contributed by atoms with van der Waals surface area (Å²) in [5.41, 5.74) is 0. The van der Waals surface area contributed by atoms with Crippen molar-refractivity contribution in [2.24, 2.45) is 0 Å². The molecule has 0 radical (unpaired) electrons. The van der Waals surface area contributed by atoms with E-state index in [-0.39, 0.29) is 0 Å². The number of hydrogen-bond donors (Lipinski definition) is 0. The Morgan fingerprint density at radius 1 is 0.378 bits per heavy atom. The molecule has 4 nitrogen and oxygen atoms in total. The SMILES string of the molecule is CCCCCCCCCCCCCCCCCCCCCC(CCCCCCCCCC)S(=O)(=O)[O-].CC[N+](CC)(CC)CC. The first-order valence-corrected chi connectivity index (χ1v) is 22.0. The van der Waals surface area contributed by atoms with Crippen LogP contribution in [0.5, 0.6) is 0 Å². The molecule has 0 saturated heterocycles. The molecule has 0 amide bonds. The first kappa shape index (κ1) is 47.0. The van der Waals surface area contributed by atoms with Crippen molar-refractivity contribution in [1.82, 2.24) is 0 Å². The first-order chi connectivity index (χ1) is 21.8. The third kappa shape index (κ3) is 32.2. The summed E-state index contributed by atoms with van der Waals surface area (Å²) in [4.78, 5) is 0. The molecule has 274 valence electrons. The zero-order valence-corrected chi connectivity index (χ0v) is 32.8. The predicted molar refractivity (Wildman–Crippen MR) is 201 cm³/mol. The summed E-state index contributed by atoms with van der Waals surface area (Å²) in [7, 11) is -4.14. The zero-order chi connectivity index (χ0) is 33.9. The molecule has 5 heteroatoms. The number of unbranched alkanes of at least 4 members (excludes halogenated alkanes) is 25. The predicted octanol–water partition coefficient (Wildman–Crippen LogP) is 13.1. The highest BCUT2D eigenvalue weighted by Gasteiger charge is 2.16. The molecule has 0 fully saturated rings. The van der Waals surface area contributed by atoms with Gasteiger partial charge in [0.15, 0.2) is 0 Å². The van der Waals surface area contributed by atoms with Crippen molar-refractivity contribution >= 4 is 10.1 Å². The average molecular weight is 660 g/mol. The standard InChI is InChI=1S/C32H66O3S.C8H20N/c1-3-5-7-9-11-13-14-15-16-17-18-19-20-21-22-23-25-27-29-31-32(36(33,34)35)30-28-26-24-12-10-8-6-4-2;1-5-9(6-2,7-3)8-4/h32H,3-31H2,1-2H3,(H,33,34,35);5-8H2,1-4H3/q;+1/p-1. The molecular formula is C40H85NO3S. The second-order valence-electron chi connectivity index (χ2n) is 14.1. The van der Waals surface area contributed by atoms with Gasteiger partial charge in [0.2, 0.25) is 0 Å². The monoisotopic (exact) mass is 660 g/mol. The second kappa shape index (κ2) is 35.2. The van der Waals surface area contributed by atoms with Crippen molar-refractivity contribution in [2.45, 2.75) is 233 Å². The first-order valence-electron chi connectivity index (χ1n) is 20.6. The van der Waals surface area contributed by atoms with E-state index in [1.54, 1.807) is 0 Å². The topological polar surface area (TPSA) is 57.2 Å². The van der Waals surface area contributed by atoms with Gasteiger partial charge in [0.25, 0.3) is 0 Å². The summed E-state index contributed by atoms with van der Waals surface area (Å²) in [5.74, 6) is 0. The third-order valence-electron chi connectivity index (χ3n) is 10.6. The van der Waals surface area contributed by atoms with Crippen molar-refractivity contribution in [3.8, 4) is 0 Å². The van der Waals surface area contributed by atoms with E-state index < -0.39 is 15.4 Å². The van der Waals surface area contributed by atoms with Crippen LogP contribution >= 0.6 is 0 Å². The molecule has 0 heterocycles. The summed E-state index contributed by atoms with van der Waals surface area (Å²) < 4.78 is 36.2. The smallest absolute Gasteiger partial charge is 0.0975 e. The molecule has 0 aromatic carbocycles. The van der Waals surface area contributed by atoms with Crippen molar-refractivity contribution in [3.63, 3.8) is 0 Å². The largest absolute Gasteiger partial charge is 0.748 e. The van der Waals surface area contributed by atoms with E-state index in [9.17, 15) is 13.0 Å². The highest BCUT2D eigenvalue weighted by Crippen LogP contribution is 2.20. The molecule has 0 aromatic heterocycles. The van der Waals surface area contributed by atoms with E-state index in [1.807, 2.05) is 0 Å². The average Bonchev–Trinajstić information content (AvgIpc) is 3.03. The van der Waals surface area contributed by atoms with E-state index in [0.717, 1.165) is 25.7 Å². The highest BCUT2D eigenvalue weighted by molar-refractivity contribution is 7.86. The maximum absolute atomic E-state index is 11.6. The lowest BCUT2D eigenvalue weighted by Gasteiger charge is -2.34. The van der Waals surface area contributed by atoms with E-state index >= 15 is 0 Å². The molecule has 0 spiro atoms. The Kier molecular flexibility index (Phi) is 36.7. The van der Waals surface area contributed by atoms with Gasteiger partial charge in [-0.05, 0) is 40.5 Å². The van der Waals surface area contributed by atoms with E-state index in [0.29, 0.717) is 12.8 Å². The summed E-state index contributed by atoms with van der Waals surface area (Å²) in [6.45, 7) is 18.7. The fourth-order valence-electron chi connectivity index (χ4n) is 6.73. The van der Waals surface area contributed by atoms with Crippen LogP contribution in [0.15, 0.2) is 0 Å². The molecular weight excluding hydrogens is 575 g/mol. The second-order valence-corrected chi connectivity index (χ2v) is 15.8. The molecule has 0 aliphatic carbocycles. The Bertz CT molecular complexity index is 645. The summed E-state index contributed by atoms with van der Waals surface area (Å²) in [5, 5.41) is -0.650. The molecule has 0 saturated carbocycles. The Labute approximate surface area is 286 Å². The molecule has 45 heavy (non-hydrogen) atoms. The van der Waals surface area contributed by atoms with Crippen LogP contribution in [0, 0.1) is 0 Å². The maximum Gasteiger partial charge on any atom is 0.0975 e. The summed E-state index contributed by atoms with van der Waals surface area (Å²) >= 11 is 0. The van der Waals surface area contributed by atoms with Crippen molar-refractivity contribution < 1.29 is 17.5 Å². The number of rotatable bonds is 34. The minimum atomic E-state index is -4.14. The van der Waals surface area contributed by atoms with Crippen molar-refractivity contribution in [3.05, 3.63) is 0 Å². The fraction of sp³-hybridized carbons (Fsp3) is 1.00. The van der Waals surface area contributed by atoms with Gasteiger partial charge in [0.1, 0.15) is 0 Å². The van der Waals surface area contributed by atoms with Crippen LogP contribution in [0.4, 0.5) is 0 Å². The van der Waals surface area contributed by atoms with Gasteiger partial charge in [-0.15, -0.1) is 0 Å². The van der Waals surface area contributed by atoms with Gasteiger partial charge < -0.3 is 9.04 Å². The molecule has 0 aliphatic heterocycles. The van der Waals surface area contributed by atoms with Gasteiger partial charge in [-0.2, -0.15) is 0 Å². The molecule has 0 rings (SSSR count). The van der Waals surface area contributed by atoms with Crippen LogP contribution in [0.25, 0.3) is 0 Å². The summed E-state index contributed by atoms with van der Waals surface area (Å²) in [6, 6.07) is 0. The lowest BCUT2D eigenvalue weighted by atomic mass is 10.0. The Morgan fingerprint density at radius 3 is 0.733 bits per heavy atom.